The molecular weight excluding hydrogens is 517 g/mol. The number of likely N-dealkylation sites (N-methyl/N-ethyl adjacent to an activating group) is 1. The van der Waals surface area contributed by atoms with Crippen LogP contribution in [0.4, 0.5) is 10.1 Å². The van der Waals surface area contributed by atoms with E-state index in [0.717, 1.165) is 9.87 Å². The van der Waals surface area contributed by atoms with Crippen molar-refractivity contribution in [1.82, 2.24) is 10.2 Å². The molecule has 0 fully saturated rings. The smallest absolute Gasteiger partial charge is 0.264 e. The molecule has 37 heavy (non-hydrogen) atoms. The summed E-state index contributed by atoms with van der Waals surface area (Å²) < 4.78 is 42.1. The normalized spacial score (nSPS) is 12.1. The third-order valence-electron chi connectivity index (χ3n) is 6.01. The van der Waals surface area contributed by atoms with Crippen LogP contribution in [-0.4, -0.2) is 44.8 Å². The second-order valence-corrected chi connectivity index (χ2v) is 11.0. The number of nitrogens with zero attached hydrogens (tertiary/aromatic N) is 2. The number of rotatable bonds is 9. The first-order valence-electron chi connectivity index (χ1n) is 11.5. The molecule has 196 valence electrons. The highest BCUT2D eigenvalue weighted by Gasteiger charge is 2.33. The molecule has 0 heterocycles. The predicted molar refractivity (Wildman–Crippen MR) is 142 cm³/mol. The molecule has 3 aromatic carbocycles. The first-order valence-corrected chi connectivity index (χ1v) is 13.4. The fourth-order valence-electron chi connectivity index (χ4n) is 3.78. The summed E-state index contributed by atoms with van der Waals surface area (Å²) >= 11 is 6.21. The molecule has 3 aromatic rings. The Hall–Kier alpha value is -3.43. The molecule has 3 rings (SSSR count). The highest BCUT2D eigenvalue weighted by atomic mass is 35.5. The van der Waals surface area contributed by atoms with E-state index in [1.165, 1.54) is 54.4 Å². The van der Waals surface area contributed by atoms with Crippen molar-refractivity contribution in [3.63, 3.8) is 0 Å². The zero-order valence-corrected chi connectivity index (χ0v) is 22.6. The van der Waals surface area contributed by atoms with Gasteiger partial charge in [0.25, 0.3) is 10.0 Å². The van der Waals surface area contributed by atoms with Crippen LogP contribution in [0.2, 0.25) is 5.02 Å². The third kappa shape index (κ3) is 6.67. The lowest BCUT2D eigenvalue weighted by Gasteiger charge is -2.32. The molecule has 0 aromatic heterocycles. The Morgan fingerprint density at radius 1 is 1.00 bits per heavy atom. The van der Waals surface area contributed by atoms with E-state index in [2.05, 4.69) is 5.32 Å². The molecule has 0 spiro atoms. The Balaban J connectivity index is 2.07. The Labute approximate surface area is 221 Å². The highest BCUT2D eigenvalue weighted by Crippen LogP contribution is 2.30. The van der Waals surface area contributed by atoms with Crippen LogP contribution in [-0.2, 0) is 26.2 Å². The van der Waals surface area contributed by atoms with Gasteiger partial charge in [-0.15, -0.1) is 0 Å². The minimum Gasteiger partial charge on any atom is -0.357 e. The zero-order valence-electron chi connectivity index (χ0n) is 21.0. The number of anilines is 1. The van der Waals surface area contributed by atoms with Gasteiger partial charge >= 0.3 is 0 Å². The van der Waals surface area contributed by atoms with Crippen LogP contribution in [0.15, 0.2) is 71.6 Å². The van der Waals surface area contributed by atoms with Crippen LogP contribution < -0.4 is 9.62 Å². The maximum Gasteiger partial charge on any atom is 0.264 e. The van der Waals surface area contributed by atoms with E-state index in [1.807, 2.05) is 6.92 Å². The summed E-state index contributed by atoms with van der Waals surface area (Å²) in [6.45, 7) is 4.49. The summed E-state index contributed by atoms with van der Waals surface area (Å²) in [6, 6.07) is 15.7. The van der Waals surface area contributed by atoms with Gasteiger partial charge in [-0.05, 0) is 68.3 Å². The van der Waals surface area contributed by atoms with Crippen molar-refractivity contribution in [3.05, 3.63) is 94.3 Å². The summed E-state index contributed by atoms with van der Waals surface area (Å²) in [5, 5.41) is 2.82. The number of amides is 2. The average Bonchev–Trinajstić information content (AvgIpc) is 2.87. The van der Waals surface area contributed by atoms with Gasteiger partial charge in [0.05, 0.1) is 10.6 Å². The molecule has 0 aliphatic heterocycles. The van der Waals surface area contributed by atoms with Crippen LogP contribution in [0.3, 0.4) is 0 Å². The van der Waals surface area contributed by atoms with E-state index < -0.39 is 40.2 Å². The number of hydrogen-bond donors (Lipinski definition) is 1. The first kappa shape index (κ1) is 28.1. The number of carbonyl (C=O) groups is 2. The van der Waals surface area contributed by atoms with Crippen LogP contribution in [0.25, 0.3) is 0 Å². The monoisotopic (exact) mass is 545 g/mol. The van der Waals surface area contributed by atoms with Gasteiger partial charge in [0.2, 0.25) is 11.8 Å². The molecule has 0 saturated heterocycles. The van der Waals surface area contributed by atoms with Crippen LogP contribution in [0.1, 0.15) is 23.6 Å². The van der Waals surface area contributed by atoms with Crippen LogP contribution >= 0.6 is 11.6 Å². The van der Waals surface area contributed by atoms with Gasteiger partial charge in [0, 0.05) is 18.6 Å². The summed E-state index contributed by atoms with van der Waals surface area (Å²) in [5.74, 6) is -1.48. The van der Waals surface area contributed by atoms with Gasteiger partial charge in [0.15, 0.2) is 0 Å². The number of carbonyl (C=O) groups excluding carboxylic acids is 2. The minimum absolute atomic E-state index is 0.00899. The lowest BCUT2D eigenvalue weighted by molar-refractivity contribution is -0.139. The van der Waals surface area contributed by atoms with Gasteiger partial charge in [0.1, 0.15) is 18.4 Å². The molecule has 10 heteroatoms. The number of nitrogens with one attached hydrogen (secondary N) is 1. The quantitative estimate of drug-likeness (QED) is 0.430. The highest BCUT2D eigenvalue weighted by molar-refractivity contribution is 7.92. The molecule has 0 unspecified atom stereocenters. The van der Waals surface area contributed by atoms with Gasteiger partial charge < -0.3 is 10.2 Å². The molecule has 2 amide bonds. The van der Waals surface area contributed by atoms with Gasteiger partial charge in [-0.25, -0.2) is 12.8 Å². The van der Waals surface area contributed by atoms with Crippen molar-refractivity contribution in [2.24, 2.45) is 0 Å². The average molecular weight is 546 g/mol. The molecule has 0 saturated carbocycles. The molecule has 1 N–H and O–H groups in total. The summed E-state index contributed by atoms with van der Waals surface area (Å²) in [6.07, 6.45) is 0. The third-order valence-corrected chi connectivity index (χ3v) is 8.02. The largest absolute Gasteiger partial charge is 0.357 e. The van der Waals surface area contributed by atoms with E-state index in [4.69, 9.17) is 11.6 Å². The number of halogens is 2. The fraction of sp³-hybridized carbons (Fsp3) is 0.259. The molecule has 0 aliphatic rings. The van der Waals surface area contributed by atoms with E-state index in [1.54, 1.807) is 38.1 Å². The minimum atomic E-state index is -4.19. The van der Waals surface area contributed by atoms with Gasteiger partial charge in [-0.2, -0.15) is 0 Å². The first-order chi connectivity index (χ1) is 17.4. The van der Waals surface area contributed by atoms with Gasteiger partial charge in [-0.1, -0.05) is 47.5 Å². The SMILES string of the molecule is CNC(=O)[C@@H](C)N(Cc1ccc(F)cc1)C(=O)CN(c1cc(Cl)ccc1C)S(=O)(=O)c1ccc(C)cc1. The summed E-state index contributed by atoms with van der Waals surface area (Å²) in [7, 11) is -2.74. The van der Waals surface area contributed by atoms with Crippen molar-refractivity contribution < 1.29 is 22.4 Å². The van der Waals surface area contributed by atoms with Gasteiger partial charge in [-0.3, -0.25) is 13.9 Å². The Bertz CT molecular complexity index is 1380. The summed E-state index contributed by atoms with van der Waals surface area (Å²) in [4.78, 5) is 27.5. The molecular formula is C27H29ClFN3O4S. The van der Waals surface area contributed by atoms with E-state index in [9.17, 15) is 22.4 Å². The number of aryl methyl sites for hydroxylation is 2. The molecule has 0 radical (unpaired) electrons. The number of sulfonamides is 1. The standard InChI is InChI=1S/C27H29ClFN3O4S/c1-18-5-13-24(14-6-18)37(35,36)32(25-15-22(28)10-7-19(25)2)17-26(33)31(20(3)27(34)30-4)16-21-8-11-23(29)12-9-21/h5-15,20H,16-17H2,1-4H3,(H,30,34)/t20-/m1/s1. The maximum absolute atomic E-state index is 13.8. The number of benzene rings is 3. The zero-order chi connectivity index (χ0) is 27.3. The lowest BCUT2D eigenvalue weighted by atomic mass is 10.1. The molecule has 0 bridgehead atoms. The Kier molecular flexibility index (Phi) is 8.94. The second kappa shape index (κ2) is 11.7. The summed E-state index contributed by atoms with van der Waals surface area (Å²) in [5.41, 5.74) is 2.30. The van der Waals surface area contributed by atoms with Crippen molar-refractivity contribution in [2.45, 2.75) is 38.3 Å². The Morgan fingerprint density at radius 3 is 2.22 bits per heavy atom. The fourth-order valence-corrected chi connectivity index (χ4v) is 5.42. The predicted octanol–water partition coefficient (Wildman–Crippen LogP) is 4.45. The van der Waals surface area contributed by atoms with E-state index in [-0.39, 0.29) is 17.1 Å². The van der Waals surface area contributed by atoms with Crippen molar-refractivity contribution in [1.29, 1.82) is 0 Å². The topological polar surface area (TPSA) is 86.8 Å². The van der Waals surface area contributed by atoms with E-state index in [0.29, 0.717) is 16.1 Å². The lowest BCUT2D eigenvalue weighted by Crippen LogP contribution is -2.50. The van der Waals surface area contributed by atoms with Crippen molar-refractivity contribution >= 4 is 39.1 Å². The second-order valence-electron chi connectivity index (χ2n) is 8.69. The maximum atomic E-state index is 13.8. The Morgan fingerprint density at radius 2 is 1.62 bits per heavy atom. The number of hydrogen-bond acceptors (Lipinski definition) is 4. The van der Waals surface area contributed by atoms with Crippen LogP contribution in [0.5, 0.6) is 0 Å². The van der Waals surface area contributed by atoms with Crippen molar-refractivity contribution in [3.8, 4) is 0 Å². The van der Waals surface area contributed by atoms with Crippen molar-refractivity contribution in [2.75, 3.05) is 17.9 Å². The van der Waals surface area contributed by atoms with E-state index >= 15 is 0 Å². The molecule has 7 nitrogen and oxygen atoms in total. The van der Waals surface area contributed by atoms with Crippen LogP contribution in [0, 0.1) is 19.7 Å². The molecule has 1 atom stereocenters. The molecule has 0 aliphatic carbocycles.